The van der Waals surface area contributed by atoms with Crippen LogP contribution in [0.2, 0.25) is 0 Å². The van der Waals surface area contributed by atoms with Crippen LogP contribution in [-0.2, 0) is 6.54 Å². The summed E-state index contributed by atoms with van der Waals surface area (Å²) in [4.78, 5) is 18.5. The smallest absolute Gasteiger partial charge is 0.323 e. The van der Waals surface area contributed by atoms with Gasteiger partial charge in [-0.1, -0.05) is 6.92 Å². The van der Waals surface area contributed by atoms with Gasteiger partial charge in [-0.05, 0) is 24.1 Å². The average molecular weight is 289 g/mol. The quantitative estimate of drug-likeness (QED) is 0.574. The van der Waals surface area contributed by atoms with E-state index in [1.807, 2.05) is 31.0 Å². The summed E-state index contributed by atoms with van der Waals surface area (Å²) in [6.07, 6.45) is 4.37. The number of hydrogen-bond acceptors (Lipinski definition) is 8. The van der Waals surface area contributed by atoms with Crippen LogP contribution in [0.3, 0.4) is 0 Å². The van der Waals surface area contributed by atoms with Crippen LogP contribution in [0.15, 0.2) is 24.5 Å². The average Bonchev–Trinajstić information content (AvgIpc) is 2.53. The van der Waals surface area contributed by atoms with Gasteiger partial charge in [0.05, 0.1) is 6.61 Å². The maximum Gasteiger partial charge on any atom is 0.323 e. The Labute approximate surface area is 123 Å². The molecule has 0 radical (unpaired) electrons. The molecule has 2 rings (SSSR count). The van der Waals surface area contributed by atoms with E-state index >= 15 is 0 Å². The molecule has 0 aliphatic carbocycles. The van der Waals surface area contributed by atoms with E-state index in [1.165, 1.54) is 0 Å². The molecule has 0 spiro atoms. The summed E-state index contributed by atoms with van der Waals surface area (Å²) in [6, 6.07) is 4.14. The Hall–Kier alpha value is -2.48. The molecule has 0 bridgehead atoms. The predicted molar refractivity (Wildman–Crippen MR) is 79.8 cm³/mol. The van der Waals surface area contributed by atoms with Crippen molar-refractivity contribution in [3.8, 4) is 6.01 Å². The highest BCUT2D eigenvalue weighted by Crippen LogP contribution is 2.15. The first-order valence-electron chi connectivity index (χ1n) is 6.68. The van der Waals surface area contributed by atoms with Crippen LogP contribution in [-0.4, -0.2) is 33.6 Å². The Morgan fingerprint density at radius 1 is 1.24 bits per heavy atom. The Bertz CT molecular complexity index is 564. The van der Waals surface area contributed by atoms with Crippen molar-refractivity contribution < 1.29 is 4.74 Å². The van der Waals surface area contributed by atoms with E-state index in [2.05, 4.69) is 25.4 Å². The van der Waals surface area contributed by atoms with Gasteiger partial charge < -0.3 is 9.64 Å². The van der Waals surface area contributed by atoms with Crippen LogP contribution in [0.5, 0.6) is 6.01 Å². The Morgan fingerprint density at radius 2 is 2.00 bits per heavy atom. The van der Waals surface area contributed by atoms with Gasteiger partial charge in [-0.15, -0.1) is 0 Å². The zero-order valence-corrected chi connectivity index (χ0v) is 12.2. The van der Waals surface area contributed by atoms with Gasteiger partial charge in [0.1, 0.15) is 0 Å². The second-order valence-electron chi connectivity index (χ2n) is 4.45. The molecule has 21 heavy (non-hydrogen) atoms. The van der Waals surface area contributed by atoms with Crippen molar-refractivity contribution in [2.75, 3.05) is 24.0 Å². The fraction of sp³-hybridized carbons (Fsp3) is 0.385. The van der Waals surface area contributed by atoms with Crippen molar-refractivity contribution in [2.24, 2.45) is 5.84 Å². The van der Waals surface area contributed by atoms with Gasteiger partial charge in [0.15, 0.2) is 0 Å². The number of ether oxygens (including phenoxy) is 1. The second-order valence-corrected chi connectivity index (χ2v) is 4.45. The van der Waals surface area contributed by atoms with E-state index in [9.17, 15) is 0 Å². The number of nitrogens with two attached hydrogens (primary N) is 1. The summed E-state index contributed by atoms with van der Waals surface area (Å²) in [5.41, 5.74) is 3.53. The van der Waals surface area contributed by atoms with Crippen molar-refractivity contribution in [3.63, 3.8) is 0 Å². The lowest BCUT2D eigenvalue weighted by Gasteiger charge is -2.18. The zero-order chi connectivity index (χ0) is 15.1. The first-order chi connectivity index (χ1) is 10.2. The van der Waals surface area contributed by atoms with E-state index in [-0.39, 0.29) is 12.0 Å². The molecular weight excluding hydrogens is 270 g/mol. The highest BCUT2D eigenvalue weighted by atomic mass is 16.5. The number of nitrogens with zero attached hydrogens (tertiary/aromatic N) is 5. The SMILES string of the molecule is CCCOc1nc(NN)nc(N(C)Cc2ccncc2)n1. The first kappa shape index (κ1) is 14.9. The lowest BCUT2D eigenvalue weighted by molar-refractivity contribution is 0.292. The largest absolute Gasteiger partial charge is 0.463 e. The third-order valence-electron chi connectivity index (χ3n) is 2.68. The zero-order valence-electron chi connectivity index (χ0n) is 12.2. The van der Waals surface area contributed by atoms with Gasteiger partial charge in [-0.25, -0.2) is 5.84 Å². The van der Waals surface area contributed by atoms with Gasteiger partial charge in [-0.3, -0.25) is 10.4 Å². The number of rotatable bonds is 7. The van der Waals surface area contributed by atoms with Crippen LogP contribution in [0.25, 0.3) is 0 Å². The van der Waals surface area contributed by atoms with Crippen molar-refractivity contribution in [1.29, 1.82) is 0 Å². The summed E-state index contributed by atoms with van der Waals surface area (Å²) in [7, 11) is 1.89. The number of anilines is 2. The number of aromatic nitrogens is 4. The molecule has 0 saturated heterocycles. The van der Waals surface area contributed by atoms with Crippen molar-refractivity contribution in [1.82, 2.24) is 19.9 Å². The Kier molecular flexibility index (Phi) is 5.22. The lowest BCUT2D eigenvalue weighted by atomic mass is 10.2. The molecule has 0 aliphatic heterocycles. The summed E-state index contributed by atoms with van der Waals surface area (Å²) < 4.78 is 5.44. The molecule has 0 aliphatic rings. The minimum Gasteiger partial charge on any atom is -0.463 e. The van der Waals surface area contributed by atoms with Gasteiger partial charge in [0.2, 0.25) is 11.9 Å². The summed E-state index contributed by atoms with van der Waals surface area (Å²) in [5.74, 6) is 6.14. The van der Waals surface area contributed by atoms with E-state index < -0.39 is 0 Å². The fourth-order valence-corrected chi connectivity index (χ4v) is 1.67. The molecule has 2 aromatic rings. The van der Waals surface area contributed by atoms with Crippen LogP contribution in [0, 0.1) is 0 Å². The molecule has 0 aromatic carbocycles. The minimum atomic E-state index is 0.261. The second kappa shape index (κ2) is 7.34. The van der Waals surface area contributed by atoms with Gasteiger partial charge in [0.25, 0.3) is 0 Å². The molecule has 3 N–H and O–H groups in total. The number of hydrogen-bond donors (Lipinski definition) is 2. The molecule has 8 nitrogen and oxygen atoms in total. The van der Waals surface area contributed by atoms with Crippen LogP contribution >= 0.6 is 0 Å². The molecule has 8 heteroatoms. The number of nitrogen functional groups attached to an aromatic ring is 1. The van der Waals surface area contributed by atoms with E-state index in [0.29, 0.717) is 19.1 Å². The van der Waals surface area contributed by atoms with Crippen LogP contribution < -0.4 is 20.9 Å². The minimum absolute atomic E-state index is 0.261. The number of nitrogens with one attached hydrogen (secondary N) is 1. The Balaban J connectivity index is 2.16. The van der Waals surface area contributed by atoms with E-state index in [4.69, 9.17) is 10.6 Å². The third-order valence-corrected chi connectivity index (χ3v) is 2.68. The molecule has 0 fully saturated rings. The normalized spacial score (nSPS) is 10.2. The van der Waals surface area contributed by atoms with Gasteiger partial charge in [-0.2, -0.15) is 15.0 Å². The van der Waals surface area contributed by atoms with E-state index in [0.717, 1.165) is 12.0 Å². The topological polar surface area (TPSA) is 102 Å². The van der Waals surface area contributed by atoms with Gasteiger partial charge in [0, 0.05) is 26.0 Å². The number of hydrazine groups is 1. The van der Waals surface area contributed by atoms with Crippen LogP contribution in [0.4, 0.5) is 11.9 Å². The highest BCUT2D eigenvalue weighted by Gasteiger charge is 2.11. The lowest BCUT2D eigenvalue weighted by Crippen LogP contribution is -2.22. The van der Waals surface area contributed by atoms with Crippen molar-refractivity contribution >= 4 is 11.9 Å². The monoisotopic (exact) mass is 289 g/mol. The van der Waals surface area contributed by atoms with E-state index in [1.54, 1.807) is 12.4 Å². The molecular formula is C13H19N7O. The van der Waals surface area contributed by atoms with Crippen molar-refractivity contribution in [2.45, 2.75) is 19.9 Å². The maximum absolute atomic E-state index is 5.44. The predicted octanol–water partition coefficient (Wildman–Crippen LogP) is 0.977. The highest BCUT2D eigenvalue weighted by molar-refractivity contribution is 5.37. The molecule has 2 aromatic heterocycles. The fourth-order valence-electron chi connectivity index (χ4n) is 1.67. The summed E-state index contributed by atoms with van der Waals surface area (Å²) in [5, 5.41) is 0. The molecule has 0 amide bonds. The molecule has 2 heterocycles. The standard InChI is InChI=1S/C13H19N7O/c1-3-8-21-13-17-11(19-14)16-12(18-13)20(2)9-10-4-6-15-7-5-10/h4-7H,3,8-9,14H2,1-2H3,(H,16,17,18,19). The first-order valence-corrected chi connectivity index (χ1v) is 6.68. The molecule has 0 unspecified atom stereocenters. The molecule has 0 saturated carbocycles. The Morgan fingerprint density at radius 3 is 2.67 bits per heavy atom. The summed E-state index contributed by atoms with van der Waals surface area (Å²) >= 11 is 0. The van der Waals surface area contributed by atoms with Gasteiger partial charge >= 0.3 is 6.01 Å². The van der Waals surface area contributed by atoms with Crippen LogP contribution in [0.1, 0.15) is 18.9 Å². The third kappa shape index (κ3) is 4.25. The summed E-state index contributed by atoms with van der Waals surface area (Å²) in [6.45, 7) is 3.20. The maximum atomic E-state index is 5.44. The molecule has 0 atom stereocenters. The number of pyridine rings is 1. The molecule has 112 valence electrons. The van der Waals surface area contributed by atoms with Crippen molar-refractivity contribution in [3.05, 3.63) is 30.1 Å².